The van der Waals surface area contributed by atoms with E-state index in [4.69, 9.17) is 9.84 Å². The highest BCUT2D eigenvalue weighted by Gasteiger charge is 2.30. The van der Waals surface area contributed by atoms with Gasteiger partial charge in [-0.2, -0.15) is 0 Å². The number of carboxylic acids is 1. The molecule has 1 amide bonds. The molecule has 2 rings (SSSR count). The van der Waals surface area contributed by atoms with Crippen LogP contribution in [0.3, 0.4) is 0 Å². The molecule has 0 atom stereocenters. The fraction of sp³-hybridized carbons (Fsp3) is 0.579. The predicted octanol–water partition coefficient (Wildman–Crippen LogP) is 2.98. The SMILES string of the molecule is COc1ccc(C(C)(C)CNC(=O)C2CCC(C(=O)O)CC2)cc1. The highest BCUT2D eigenvalue weighted by atomic mass is 16.5. The minimum Gasteiger partial charge on any atom is -0.497 e. The largest absolute Gasteiger partial charge is 0.497 e. The molecule has 0 aliphatic heterocycles. The number of aliphatic carboxylic acids is 1. The van der Waals surface area contributed by atoms with Gasteiger partial charge in [0, 0.05) is 17.9 Å². The standard InChI is InChI=1S/C19H27NO4/c1-19(2,15-8-10-16(24-3)11-9-15)12-20-17(21)13-4-6-14(7-5-13)18(22)23/h8-11,13-14H,4-7,12H2,1-3H3,(H,20,21)(H,22,23). The number of amides is 1. The number of rotatable bonds is 6. The van der Waals surface area contributed by atoms with Gasteiger partial charge in [0.25, 0.3) is 0 Å². The third kappa shape index (κ3) is 4.49. The predicted molar refractivity (Wildman–Crippen MR) is 92.1 cm³/mol. The lowest BCUT2D eigenvalue weighted by molar-refractivity contribution is -0.144. The van der Waals surface area contributed by atoms with E-state index in [0.717, 1.165) is 11.3 Å². The Morgan fingerprint density at radius 1 is 1.12 bits per heavy atom. The van der Waals surface area contributed by atoms with Crippen LogP contribution in [0.15, 0.2) is 24.3 Å². The van der Waals surface area contributed by atoms with Crippen molar-refractivity contribution in [2.75, 3.05) is 13.7 Å². The van der Waals surface area contributed by atoms with Gasteiger partial charge in [-0.25, -0.2) is 0 Å². The maximum absolute atomic E-state index is 12.4. The molecule has 5 heteroatoms. The lowest BCUT2D eigenvalue weighted by atomic mass is 9.81. The fourth-order valence-electron chi connectivity index (χ4n) is 3.20. The van der Waals surface area contributed by atoms with E-state index in [1.165, 1.54) is 0 Å². The minimum absolute atomic E-state index is 0.0421. The van der Waals surface area contributed by atoms with E-state index in [1.54, 1.807) is 7.11 Å². The number of hydrogen-bond acceptors (Lipinski definition) is 3. The van der Waals surface area contributed by atoms with Gasteiger partial charge in [-0.05, 0) is 43.4 Å². The Balaban J connectivity index is 1.87. The van der Waals surface area contributed by atoms with E-state index < -0.39 is 5.97 Å². The van der Waals surface area contributed by atoms with Gasteiger partial charge >= 0.3 is 5.97 Å². The van der Waals surface area contributed by atoms with Gasteiger partial charge in [0.1, 0.15) is 5.75 Å². The second-order valence-corrected chi connectivity index (χ2v) is 7.22. The summed E-state index contributed by atoms with van der Waals surface area (Å²) in [4.78, 5) is 23.4. The van der Waals surface area contributed by atoms with Crippen molar-refractivity contribution in [2.45, 2.75) is 44.9 Å². The molecule has 1 aromatic rings. The van der Waals surface area contributed by atoms with Crippen LogP contribution in [0.25, 0.3) is 0 Å². The molecule has 0 spiro atoms. The monoisotopic (exact) mass is 333 g/mol. The minimum atomic E-state index is -0.741. The van der Waals surface area contributed by atoms with Crippen LogP contribution in [-0.4, -0.2) is 30.6 Å². The van der Waals surface area contributed by atoms with Gasteiger partial charge < -0.3 is 15.2 Å². The highest BCUT2D eigenvalue weighted by molar-refractivity contribution is 5.79. The molecule has 132 valence electrons. The van der Waals surface area contributed by atoms with Crippen LogP contribution in [0.1, 0.15) is 45.1 Å². The number of ether oxygens (including phenoxy) is 1. The number of methoxy groups -OCH3 is 1. The number of benzene rings is 1. The van der Waals surface area contributed by atoms with Gasteiger partial charge in [0.05, 0.1) is 13.0 Å². The molecule has 5 nitrogen and oxygen atoms in total. The summed E-state index contributed by atoms with van der Waals surface area (Å²) >= 11 is 0. The first-order valence-electron chi connectivity index (χ1n) is 8.48. The third-order valence-electron chi connectivity index (χ3n) is 5.02. The van der Waals surface area contributed by atoms with Crippen molar-refractivity contribution in [1.29, 1.82) is 0 Å². The van der Waals surface area contributed by atoms with Crippen molar-refractivity contribution in [2.24, 2.45) is 11.8 Å². The number of carbonyl (C=O) groups is 2. The van der Waals surface area contributed by atoms with Gasteiger partial charge in [-0.3, -0.25) is 9.59 Å². The van der Waals surface area contributed by atoms with Gasteiger partial charge in [0.15, 0.2) is 0 Å². The molecule has 0 saturated heterocycles. The van der Waals surface area contributed by atoms with Crippen molar-refractivity contribution in [3.63, 3.8) is 0 Å². The number of carboxylic acid groups (broad SMARTS) is 1. The molecule has 1 aliphatic rings. The van der Waals surface area contributed by atoms with E-state index in [9.17, 15) is 9.59 Å². The Morgan fingerprint density at radius 3 is 2.17 bits per heavy atom. The van der Waals surface area contributed by atoms with Crippen LogP contribution in [0, 0.1) is 11.8 Å². The lowest BCUT2D eigenvalue weighted by Crippen LogP contribution is -2.41. The molecule has 0 radical (unpaired) electrons. The Morgan fingerprint density at radius 2 is 1.67 bits per heavy atom. The zero-order valence-corrected chi connectivity index (χ0v) is 14.7. The zero-order valence-electron chi connectivity index (χ0n) is 14.7. The van der Waals surface area contributed by atoms with E-state index in [2.05, 4.69) is 19.2 Å². The molecule has 24 heavy (non-hydrogen) atoms. The third-order valence-corrected chi connectivity index (χ3v) is 5.02. The Labute approximate surface area is 143 Å². The molecular formula is C19H27NO4. The normalized spacial score (nSPS) is 21.1. The Hall–Kier alpha value is -2.04. The molecule has 0 unspecified atom stereocenters. The van der Waals surface area contributed by atoms with Crippen molar-refractivity contribution in [3.8, 4) is 5.75 Å². The Bertz CT molecular complexity index is 572. The van der Waals surface area contributed by atoms with Crippen LogP contribution >= 0.6 is 0 Å². The molecule has 2 N–H and O–H groups in total. The maximum Gasteiger partial charge on any atom is 0.306 e. The van der Waals surface area contributed by atoms with Crippen LogP contribution in [-0.2, 0) is 15.0 Å². The zero-order chi connectivity index (χ0) is 17.7. The summed E-state index contributed by atoms with van der Waals surface area (Å²) in [5, 5.41) is 12.1. The summed E-state index contributed by atoms with van der Waals surface area (Å²) < 4.78 is 5.17. The molecule has 1 fully saturated rings. The average molecular weight is 333 g/mol. The average Bonchev–Trinajstić information content (AvgIpc) is 2.60. The summed E-state index contributed by atoms with van der Waals surface area (Å²) in [5.41, 5.74) is 0.957. The van der Waals surface area contributed by atoms with E-state index in [0.29, 0.717) is 32.2 Å². The molecule has 1 aliphatic carbocycles. The topological polar surface area (TPSA) is 75.6 Å². The molecule has 0 aromatic heterocycles. The Kier molecular flexibility index (Phi) is 5.86. The second-order valence-electron chi connectivity index (χ2n) is 7.22. The molecule has 0 heterocycles. The van der Waals surface area contributed by atoms with Crippen LogP contribution in [0.2, 0.25) is 0 Å². The molecular weight excluding hydrogens is 306 g/mol. The molecule has 1 saturated carbocycles. The van der Waals surface area contributed by atoms with Crippen LogP contribution < -0.4 is 10.1 Å². The summed E-state index contributed by atoms with van der Waals surface area (Å²) in [7, 11) is 1.64. The first kappa shape index (κ1) is 18.3. The van der Waals surface area contributed by atoms with Gasteiger partial charge in [-0.1, -0.05) is 26.0 Å². The fourth-order valence-corrected chi connectivity index (χ4v) is 3.20. The van der Waals surface area contributed by atoms with E-state index >= 15 is 0 Å². The molecule has 1 aromatic carbocycles. The van der Waals surface area contributed by atoms with Crippen LogP contribution in [0.4, 0.5) is 0 Å². The van der Waals surface area contributed by atoms with Gasteiger partial charge in [-0.15, -0.1) is 0 Å². The van der Waals surface area contributed by atoms with Crippen LogP contribution in [0.5, 0.6) is 5.75 Å². The summed E-state index contributed by atoms with van der Waals surface area (Å²) in [5.74, 6) is -0.235. The lowest BCUT2D eigenvalue weighted by Gasteiger charge is -2.29. The summed E-state index contributed by atoms with van der Waals surface area (Å²) in [6.45, 7) is 4.74. The first-order chi connectivity index (χ1) is 11.3. The van der Waals surface area contributed by atoms with E-state index in [-0.39, 0.29) is 23.2 Å². The van der Waals surface area contributed by atoms with Crippen molar-refractivity contribution in [3.05, 3.63) is 29.8 Å². The molecule has 0 bridgehead atoms. The van der Waals surface area contributed by atoms with Crippen molar-refractivity contribution in [1.82, 2.24) is 5.32 Å². The highest BCUT2D eigenvalue weighted by Crippen LogP contribution is 2.30. The smallest absolute Gasteiger partial charge is 0.306 e. The summed E-state index contributed by atoms with van der Waals surface area (Å²) in [6, 6.07) is 7.88. The second kappa shape index (κ2) is 7.69. The van der Waals surface area contributed by atoms with Crippen molar-refractivity contribution >= 4 is 11.9 Å². The number of carbonyl (C=O) groups excluding carboxylic acids is 1. The van der Waals surface area contributed by atoms with E-state index in [1.807, 2.05) is 24.3 Å². The van der Waals surface area contributed by atoms with Gasteiger partial charge in [0.2, 0.25) is 5.91 Å². The first-order valence-corrected chi connectivity index (χ1v) is 8.48. The van der Waals surface area contributed by atoms with Crippen molar-refractivity contribution < 1.29 is 19.4 Å². The summed E-state index contributed by atoms with van der Waals surface area (Å²) in [6.07, 6.45) is 2.50. The quantitative estimate of drug-likeness (QED) is 0.839. The maximum atomic E-state index is 12.4. The number of hydrogen-bond donors (Lipinski definition) is 2. The number of nitrogens with one attached hydrogen (secondary N) is 1.